The van der Waals surface area contributed by atoms with Gasteiger partial charge in [-0.1, -0.05) is 0 Å². The van der Waals surface area contributed by atoms with Crippen molar-refractivity contribution < 1.29 is 10.2 Å². The Balaban J connectivity index is 3.61. The van der Waals surface area contributed by atoms with E-state index in [2.05, 4.69) is 25.3 Å². The fourth-order valence-corrected chi connectivity index (χ4v) is 5.33. The van der Waals surface area contributed by atoms with Crippen LogP contribution >= 0.6 is 60.5 Å². The van der Waals surface area contributed by atoms with Crippen LogP contribution in [0.1, 0.15) is 0 Å². The second-order valence-corrected chi connectivity index (χ2v) is 8.04. The third-order valence-electron chi connectivity index (χ3n) is 1.90. The van der Waals surface area contributed by atoms with Gasteiger partial charge in [0.1, 0.15) is 0 Å². The van der Waals surface area contributed by atoms with Gasteiger partial charge >= 0.3 is 0 Å². The molecule has 0 amide bonds. The van der Waals surface area contributed by atoms with Gasteiger partial charge < -0.3 is 10.2 Å². The zero-order valence-corrected chi connectivity index (χ0v) is 14.1. The quantitative estimate of drug-likeness (QED) is 0.410. The van der Waals surface area contributed by atoms with Crippen LogP contribution in [0.3, 0.4) is 0 Å². The molecule has 0 aromatic carbocycles. The molecule has 0 fully saturated rings. The van der Waals surface area contributed by atoms with Crippen LogP contribution in [0.2, 0.25) is 0 Å². The lowest BCUT2D eigenvalue weighted by Gasteiger charge is -2.16. The summed E-state index contributed by atoms with van der Waals surface area (Å²) in [6, 6.07) is 0. The minimum absolute atomic E-state index is 0.183. The maximum atomic E-state index is 9.17. The van der Waals surface area contributed by atoms with Gasteiger partial charge in [-0.25, -0.2) is 0 Å². The molecule has 0 aromatic rings. The predicted molar refractivity (Wildman–Crippen MR) is 91.7 cm³/mol. The fraction of sp³-hybridized carbons (Fsp3) is 1.00. The van der Waals surface area contributed by atoms with Crippen molar-refractivity contribution in [3.8, 4) is 0 Å². The molecule has 7 heteroatoms. The highest BCUT2D eigenvalue weighted by molar-refractivity contribution is 8.05. The van der Waals surface area contributed by atoms with Crippen molar-refractivity contribution in [1.29, 1.82) is 0 Å². The summed E-state index contributed by atoms with van der Waals surface area (Å²) in [5.41, 5.74) is 0. The van der Waals surface area contributed by atoms with Crippen molar-refractivity contribution >= 4 is 60.5 Å². The van der Waals surface area contributed by atoms with Crippen LogP contribution in [0.15, 0.2) is 0 Å². The molecule has 0 aromatic heterocycles. The van der Waals surface area contributed by atoms with Gasteiger partial charge in [0, 0.05) is 39.3 Å². The third-order valence-corrected chi connectivity index (χ3v) is 7.27. The average molecular weight is 335 g/mol. The molecule has 17 heavy (non-hydrogen) atoms. The minimum Gasteiger partial charge on any atom is -0.396 e. The lowest BCUT2D eigenvalue weighted by atomic mass is 10.5. The maximum absolute atomic E-state index is 9.17. The summed E-state index contributed by atoms with van der Waals surface area (Å²) >= 11 is 14.0. The molecule has 0 bridgehead atoms. The number of aliphatic hydroxyl groups is 2. The van der Waals surface area contributed by atoms with Gasteiger partial charge in [-0.2, -0.15) is 60.5 Å². The minimum atomic E-state index is 0.183. The maximum Gasteiger partial charge on any atom is 0.0558 e. The average Bonchev–Trinajstić information content (AvgIpc) is 2.37. The largest absolute Gasteiger partial charge is 0.396 e. The molecule has 2 N–H and O–H groups in total. The van der Waals surface area contributed by atoms with Gasteiger partial charge in [0.25, 0.3) is 0 Å². The van der Waals surface area contributed by atoms with E-state index < -0.39 is 0 Å². The van der Waals surface area contributed by atoms with Crippen molar-refractivity contribution in [1.82, 2.24) is 0 Å². The number of aliphatic hydroxyl groups excluding tert-OH is 2. The van der Waals surface area contributed by atoms with E-state index in [4.69, 9.17) is 5.11 Å². The summed E-state index contributed by atoms with van der Waals surface area (Å²) < 4.78 is 0. The van der Waals surface area contributed by atoms with E-state index in [9.17, 15) is 5.11 Å². The molecule has 0 aliphatic carbocycles. The van der Waals surface area contributed by atoms with Crippen LogP contribution in [0.4, 0.5) is 0 Å². The Labute approximate surface area is 128 Å². The third kappa shape index (κ3) is 11.2. The molecule has 2 nitrogen and oxygen atoms in total. The van der Waals surface area contributed by atoms with Gasteiger partial charge in [-0.15, -0.1) is 0 Å². The van der Waals surface area contributed by atoms with Crippen molar-refractivity contribution in [3.63, 3.8) is 0 Å². The van der Waals surface area contributed by atoms with Crippen molar-refractivity contribution in [2.24, 2.45) is 0 Å². The van der Waals surface area contributed by atoms with Crippen LogP contribution in [0, 0.1) is 0 Å². The number of thioether (sulfide) groups is 3. The second kappa shape index (κ2) is 14.1. The number of hydrogen-bond donors (Lipinski definition) is 4. The molecule has 0 radical (unpaired) electrons. The molecule has 104 valence electrons. The summed E-state index contributed by atoms with van der Waals surface area (Å²) in [5, 5.41) is 18.7. The zero-order chi connectivity index (χ0) is 12.9. The smallest absolute Gasteiger partial charge is 0.0558 e. The lowest BCUT2D eigenvalue weighted by Crippen LogP contribution is -2.16. The van der Waals surface area contributed by atoms with Crippen molar-refractivity contribution in [3.05, 3.63) is 0 Å². The van der Waals surface area contributed by atoms with Crippen molar-refractivity contribution in [2.45, 2.75) is 10.5 Å². The molecule has 0 aliphatic heterocycles. The standard InChI is InChI=1S/C10H22O2S5/c11-1-3-16-9(5-12)7-15-8-10(6-14)17-4-2-13/h9-14H,1-8H2. The molecule has 0 spiro atoms. The first-order valence-electron chi connectivity index (χ1n) is 5.52. The SMILES string of the molecule is OCCSC(CO)CSCC(CS)SCCS. The highest BCUT2D eigenvalue weighted by Gasteiger charge is 2.11. The van der Waals surface area contributed by atoms with Gasteiger partial charge in [-0.05, 0) is 5.75 Å². The second-order valence-electron chi connectivity index (χ2n) is 3.34. The first-order chi connectivity index (χ1) is 8.28. The number of hydrogen-bond acceptors (Lipinski definition) is 7. The monoisotopic (exact) mass is 334 g/mol. The first kappa shape index (κ1) is 18.7. The zero-order valence-electron chi connectivity index (χ0n) is 9.83. The van der Waals surface area contributed by atoms with Gasteiger partial charge in [0.2, 0.25) is 0 Å². The topological polar surface area (TPSA) is 40.5 Å². The highest BCUT2D eigenvalue weighted by atomic mass is 32.2. The van der Waals surface area contributed by atoms with Gasteiger partial charge in [0.05, 0.1) is 13.2 Å². The lowest BCUT2D eigenvalue weighted by molar-refractivity contribution is 0.300. The normalized spacial score (nSPS) is 14.8. The molecule has 0 saturated carbocycles. The van der Waals surface area contributed by atoms with E-state index in [0.717, 1.165) is 28.8 Å². The predicted octanol–water partition coefficient (Wildman–Crippen LogP) is 1.77. The Hall–Kier alpha value is 1.67. The summed E-state index contributed by atoms with van der Waals surface area (Å²) in [4.78, 5) is 0. The summed E-state index contributed by atoms with van der Waals surface area (Å²) in [6.45, 7) is 0.371. The van der Waals surface area contributed by atoms with E-state index in [1.54, 1.807) is 11.8 Å². The summed E-state index contributed by atoms with van der Waals surface area (Å²) in [6.07, 6.45) is 0. The van der Waals surface area contributed by atoms with Crippen LogP contribution < -0.4 is 0 Å². The summed E-state index contributed by atoms with van der Waals surface area (Å²) in [5.74, 6) is 5.57. The van der Waals surface area contributed by atoms with Crippen LogP contribution in [-0.2, 0) is 0 Å². The Morgan fingerprint density at radius 3 is 2.12 bits per heavy atom. The van der Waals surface area contributed by atoms with Gasteiger partial charge in [0.15, 0.2) is 0 Å². The molecular weight excluding hydrogens is 312 g/mol. The van der Waals surface area contributed by atoms with Crippen molar-refractivity contribution in [2.75, 3.05) is 47.7 Å². The highest BCUT2D eigenvalue weighted by Crippen LogP contribution is 2.21. The molecule has 0 saturated heterocycles. The molecule has 2 atom stereocenters. The van der Waals surface area contributed by atoms with Crippen LogP contribution in [-0.4, -0.2) is 68.4 Å². The fourth-order valence-electron chi connectivity index (χ4n) is 1.08. The molecule has 0 aliphatic rings. The van der Waals surface area contributed by atoms with E-state index in [0.29, 0.717) is 11.0 Å². The molecule has 2 unspecified atom stereocenters. The Bertz CT molecular complexity index is 146. The Morgan fingerprint density at radius 2 is 1.59 bits per heavy atom. The van der Waals surface area contributed by atoms with E-state index in [-0.39, 0.29) is 18.5 Å². The van der Waals surface area contributed by atoms with Gasteiger partial charge in [-0.3, -0.25) is 0 Å². The van der Waals surface area contributed by atoms with Crippen LogP contribution in [0.5, 0.6) is 0 Å². The van der Waals surface area contributed by atoms with E-state index >= 15 is 0 Å². The Kier molecular flexibility index (Phi) is 15.5. The molecule has 0 rings (SSSR count). The van der Waals surface area contributed by atoms with Crippen LogP contribution in [0.25, 0.3) is 0 Å². The van der Waals surface area contributed by atoms with E-state index in [1.165, 1.54) is 0 Å². The molecular formula is C10H22O2S5. The summed E-state index contributed by atoms with van der Waals surface area (Å²) in [7, 11) is 0. The van der Waals surface area contributed by atoms with E-state index in [1.807, 2.05) is 23.5 Å². The number of thiol groups is 2. The first-order valence-corrected chi connectivity index (χ1v) is 10.0. The number of rotatable bonds is 12. The Morgan fingerprint density at radius 1 is 0.941 bits per heavy atom. The molecule has 0 heterocycles.